The minimum atomic E-state index is -0.654. The monoisotopic (exact) mass is 458 g/mol. The summed E-state index contributed by atoms with van der Waals surface area (Å²) in [6.07, 6.45) is 2.33. The van der Waals surface area contributed by atoms with Crippen LogP contribution in [0.1, 0.15) is 27.6 Å². The Labute approximate surface area is 187 Å². The number of nitro groups is 2. The van der Waals surface area contributed by atoms with E-state index >= 15 is 0 Å². The van der Waals surface area contributed by atoms with Crippen molar-refractivity contribution in [3.05, 3.63) is 73.6 Å². The van der Waals surface area contributed by atoms with Crippen LogP contribution in [0.5, 0.6) is 5.75 Å². The summed E-state index contributed by atoms with van der Waals surface area (Å²) in [7, 11) is 0. The highest BCUT2D eigenvalue weighted by atomic mass is 16.6. The first kappa shape index (κ1) is 23.4. The molecule has 2 heterocycles. The molecule has 0 atom stereocenters. The molecule has 13 nitrogen and oxygen atoms in total. The van der Waals surface area contributed by atoms with Crippen LogP contribution in [0.2, 0.25) is 0 Å². The molecule has 3 rings (SSSR count). The molecule has 174 valence electrons. The van der Waals surface area contributed by atoms with Crippen molar-refractivity contribution in [2.75, 3.05) is 13.2 Å². The number of imidazole rings is 2. The first-order valence-corrected chi connectivity index (χ1v) is 9.93. The third-order valence-electron chi connectivity index (χ3n) is 4.98. The lowest BCUT2D eigenvalue weighted by Crippen LogP contribution is -2.16. The van der Waals surface area contributed by atoms with Gasteiger partial charge in [0.15, 0.2) is 11.6 Å². The molecule has 0 saturated carbocycles. The molecule has 2 aromatic heterocycles. The second kappa shape index (κ2) is 9.89. The Morgan fingerprint density at radius 1 is 0.939 bits per heavy atom. The number of hydrogen-bond acceptors (Lipinski definition) is 9. The maximum absolute atomic E-state index is 12.7. The van der Waals surface area contributed by atoms with E-state index < -0.39 is 15.8 Å². The summed E-state index contributed by atoms with van der Waals surface area (Å²) in [5.74, 6) is 0.211. The van der Waals surface area contributed by atoms with Gasteiger partial charge in [0.25, 0.3) is 0 Å². The van der Waals surface area contributed by atoms with Gasteiger partial charge in [0.05, 0.1) is 0 Å². The van der Waals surface area contributed by atoms with Crippen molar-refractivity contribution >= 4 is 17.6 Å². The largest absolute Gasteiger partial charge is 0.488 e. The van der Waals surface area contributed by atoms with Gasteiger partial charge < -0.3 is 29.7 Å². The molecule has 33 heavy (non-hydrogen) atoms. The molecule has 0 fully saturated rings. The summed E-state index contributed by atoms with van der Waals surface area (Å²) >= 11 is 0. The molecule has 0 aliphatic carbocycles. The number of para-hydroxylation sites is 1. The van der Waals surface area contributed by atoms with Gasteiger partial charge in [-0.15, -0.1) is 0 Å². The molecular formula is C20H22N6O7. The van der Waals surface area contributed by atoms with Gasteiger partial charge in [-0.25, -0.2) is 23.9 Å². The molecule has 0 bridgehead atoms. The van der Waals surface area contributed by atoms with Crippen molar-refractivity contribution in [3.63, 3.8) is 0 Å². The van der Waals surface area contributed by atoms with Gasteiger partial charge >= 0.3 is 17.6 Å². The first-order chi connectivity index (χ1) is 15.7. The zero-order valence-corrected chi connectivity index (χ0v) is 18.3. The average Bonchev–Trinajstić information content (AvgIpc) is 3.32. The van der Waals surface area contributed by atoms with Gasteiger partial charge in [-0.3, -0.25) is 0 Å². The minimum Gasteiger partial charge on any atom is -0.488 e. The van der Waals surface area contributed by atoms with E-state index in [9.17, 15) is 25.0 Å². The van der Waals surface area contributed by atoms with Gasteiger partial charge in [-0.2, -0.15) is 0 Å². The standard InChI is InChI=1S/C20H22N6O7/c1-13-5-4-6-16(19(13)32-9-7-23-14(2)21-11-17(23)25(28)29)20(27)33-10-8-24-15(3)22-12-18(24)26(30)31/h4-6,11-12H,7-10H2,1-3H3. The number of hydrogen-bond donors (Lipinski definition) is 0. The second-order valence-corrected chi connectivity index (χ2v) is 7.08. The maximum Gasteiger partial charge on any atom is 0.342 e. The number of ether oxygens (including phenoxy) is 2. The van der Waals surface area contributed by atoms with E-state index in [4.69, 9.17) is 9.47 Å². The van der Waals surface area contributed by atoms with Crippen LogP contribution in [-0.4, -0.2) is 48.1 Å². The molecule has 0 aliphatic heterocycles. The van der Waals surface area contributed by atoms with Crippen LogP contribution in [0.25, 0.3) is 0 Å². The highest BCUT2D eigenvalue weighted by molar-refractivity contribution is 5.93. The lowest BCUT2D eigenvalue weighted by atomic mass is 10.1. The quantitative estimate of drug-likeness (QED) is 0.253. The number of carbonyl (C=O) groups excluding carboxylic acids is 1. The Hall–Kier alpha value is -4.29. The van der Waals surface area contributed by atoms with Gasteiger partial charge in [-0.05, 0) is 28.4 Å². The third kappa shape index (κ3) is 5.14. The highest BCUT2D eigenvalue weighted by Crippen LogP contribution is 2.25. The molecule has 3 aromatic rings. The number of nitrogens with zero attached hydrogens (tertiary/aromatic N) is 6. The SMILES string of the molecule is Cc1cccc(C(=O)OCCn2c([N+](=O)[O-])cnc2C)c1OCCn1c([N+](=O)[O-])cnc1C. The molecule has 0 amide bonds. The molecule has 0 radical (unpaired) electrons. The van der Waals surface area contributed by atoms with E-state index in [0.29, 0.717) is 23.0 Å². The molecule has 0 spiro atoms. The predicted octanol–water partition coefficient (Wildman–Crippen LogP) is 2.76. The van der Waals surface area contributed by atoms with Crippen LogP contribution in [0.3, 0.4) is 0 Å². The Balaban J connectivity index is 1.66. The topological polar surface area (TPSA) is 157 Å². The molecule has 0 N–H and O–H groups in total. The van der Waals surface area contributed by atoms with Crippen LogP contribution in [0.15, 0.2) is 30.6 Å². The number of carbonyl (C=O) groups is 1. The minimum absolute atomic E-state index is 0.0591. The number of aryl methyl sites for hydroxylation is 3. The Morgan fingerprint density at radius 3 is 2.03 bits per heavy atom. The lowest BCUT2D eigenvalue weighted by molar-refractivity contribution is -0.392. The van der Waals surface area contributed by atoms with Crippen molar-refractivity contribution < 1.29 is 24.1 Å². The van der Waals surface area contributed by atoms with Gasteiger partial charge in [0, 0.05) is 13.8 Å². The fourth-order valence-electron chi connectivity index (χ4n) is 3.31. The average molecular weight is 458 g/mol. The molecule has 0 aliphatic rings. The van der Waals surface area contributed by atoms with Crippen LogP contribution < -0.4 is 4.74 Å². The van der Waals surface area contributed by atoms with Crippen molar-refractivity contribution in [2.45, 2.75) is 33.9 Å². The summed E-state index contributed by atoms with van der Waals surface area (Å²) in [5, 5.41) is 22.2. The Morgan fingerprint density at radius 2 is 1.48 bits per heavy atom. The Kier molecular flexibility index (Phi) is 7.00. The number of benzene rings is 1. The maximum atomic E-state index is 12.7. The van der Waals surface area contributed by atoms with Crippen LogP contribution in [0.4, 0.5) is 11.6 Å². The van der Waals surface area contributed by atoms with E-state index in [2.05, 4.69) is 9.97 Å². The van der Waals surface area contributed by atoms with Crippen molar-refractivity contribution in [1.82, 2.24) is 19.1 Å². The molecule has 13 heteroatoms. The van der Waals surface area contributed by atoms with E-state index in [-0.39, 0.29) is 43.5 Å². The van der Waals surface area contributed by atoms with Crippen LogP contribution in [0, 0.1) is 41.0 Å². The van der Waals surface area contributed by atoms with E-state index in [0.717, 1.165) is 6.20 Å². The fraction of sp³-hybridized carbons (Fsp3) is 0.350. The van der Waals surface area contributed by atoms with E-state index in [1.54, 1.807) is 39.0 Å². The van der Waals surface area contributed by atoms with E-state index in [1.165, 1.54) is 15.3 Å². The Bertz CT molecular complexity index is 1200. The predicted molar refractivity (Wildman–Crippen MR) is 114 cm³/mol. The highest BCUT2D eigenvalue weighted by Gasteiger charge is 2.21. The summed E-state index contributed by atoms with van der Waals surface area (Å²) in [6, 6.07) is 4.98. The van der Waals surface area contributed by atoms with Crippen LogP contribution in [-0.2, 0) is 17.8 Å². The van der Waals surface area contributed by atoms with Crippen molar-refractivity contribution in [1.29, 1.82) is 0 Å². The molecule has 1 aromatic carbocycles. The van der Waals surface area contributed by atoms with Crippen LogP contribution >= 0.6 is 0 Å². The fourth-order valence-corrected chi connectivity index (χ4v) is 3.31. The summed E-state index contributed by atoms with van der Waals surface area (Å²) < 4.78 is 13.9. The first-order valence-electron chi connectivity index (χ1n) is 9.93. The smallest absolute Gasteiger partial charge is 0.342 e. The van der Waals surface area contributed by atoms with Crippen molar-refractivity contribution in [3.8, 4) is 5.75 Å². The van der Waals surface area contributed by atoms with Gasteiger partial charge in [0.2, 0.25) is 0 Å². The summed E-state index contributed by atoms with van der Waals surface area (Å²) in [5.41, 5.74) is 0.867. The zero-order chi connectivity index (χ0) is 24.1. The molecular weight excluding hydrogens is 436 g/mol. The number of rotatable bonds is 10. The summed E-state index contributed by atoms with van der Waals surface area (Å²) in [4.78, 5) is 41.7. The van der Waals surface area contributed by atoms with Gasteiger partial charge in [-0.1, -0.05) is 12.1 Å². The lowest BCUT2D eigenvalue weighted by Gasteiger charge is -2.13. The van der Waals surface area contributed by atoms with Gasteiger partial charge in [0.1, 0.15) is 50.0 Å². The molecule has 0 unspecified atom stereocenters. The number of esters is 1. The third-order valence-corrected chi connectivity index (χ3v) is 4.98. The van der Waals surface area contributed by atoms with E-state index in [1.807, 2.05) is 0 Å². The molecule has 0 saturated heterocycles. The second-order valence-electron chi connectivity index (χ2n) is 7.08. The normalized spacial score (nSPS) is 10.8. The number of aromatic nitrogens is 4. The van der Waals surface area contributed by atoms with Crippen molar-refractivity contribution in [2.24, 2.45) is 0 Å². The summed E-state index contributed by atoms with van der Waals surface area (Å²) in [6.45, 7) is 5.21. The zero-order valence-electron chi connectivity index (χ0n) is 18.3.